The Morgan fingerprint density at radius 2 is 2.23 bits per heavy atom. The zero-order valence-corrected chi connectivity index (χ0v) is 14.1. The van der Waals surface area contributed by atoms with Gasteiger partial charge in [0.25, 0.3) is 5.91 Å². The number of ether oxygens (including phenoxy) is 1. The molecular weight excluding hydrogens is 300 g/mol. The Morgan fingerprint density at radius 1 is 1.45 bits per heavy atom. The molecule has 1 saturated heterocycles. The Hall–Kier alpha value is -1.73. The van der Waals surface area contributed by atoms with Crippen LogP contribution in [0.1, 0.15) is 32.9 Å². The Labute approximate surface area is 133 Å². The third-order valence-corrected chi connectivity index (χ3v) is 5.04. The summed E-state index contributed by atoms with van der Waals surface area (Å²) in [6, 6.07) is 0. The van der Waals surface area contributed by atoms with Crippen molar-refractivity contribution in [3.8, 4) is 0 Å². The number of hydrogen-bond donors (Lipinski definition) is 0. The van der Waals surface area contributed by atoms with Gasteiger partial charge in [-0.2, -0.15) is 5.10 Å². The van der Waals surface area contributed by atoms with Crippen molar-refractivity contribution in [2.24, 2.45) is 7.05 Å². The average molecular weight is 320 g/mol. The fourth-order valence-electron chi connectivity index (χ4n) is 2.79. The second kappa shape index (κ2) is 5.48. The van der Waals surface area contributed by atoms with Gasteiger partial charge in [0.05, 0.1) is 30.1 Å². The molecule has 7 heteroatoms. The summed E-state index contributed by atoms with van der Waals surface area (Å²) in [6.07, 6.45) is 3.74. The molecule has 0 spiro atoms. The van der Waals surface area contributed by atoms with Crippen LogP contribution < -0.4 is 0 Å². The van der Waals surface area contributed by atoms with E-state index in [0.29, 0.717) is 19.7 Å². The van der Waals surface area contributed by atoms with Crippen LogP contribution in [0.25, 0.3) is 0 Å². The molecule has 3 rings (SSSR count). The van der Waals surface area contributed by atoms with Crippen LogP contribution in [-0.4, -0.2) is 45.3 Å². The van der Waals surface area contributed by atoms with E-state index in [4.69, 9.17) is 4.74 Å². The number of morpholine rings is 1. The molecule has 6 nitrogen and oxygen atoms in total. The Kier molecular flexibility index (Phi) is 3.78. The van der Waals surface area contributed by atoms with Crippen LogP contribution in [0.3, 0.4) is 0 Å². The molecule has 2 aromatic rings. The number of carbonyl (C=O) groups is 1. The first kappa shape index (κ1) is 15.2. The first-order valence-corrected chi connectivity index (χ1v) is 8.07. The Balaban J connectivity index is 1.84. The fourth-order valence-corrected chi connectivity index (χ4v) is 3.67. The van der Waals surface area contributed by atoms with Gasteiger partial charge in [-0.05, 0) is 20.8 Å². The van der Waals surface area contributed by atoms with Crippen molar-refractivity contribution in [1.29, 1.82) is 0 Å². The topological polar surface area (TPSA) is 60.3 Å². The molecule has 22 heavy (non-hydrogen) atoms. The largest absolute Gasteiger partial charge is 0.367 e. The zero-order valence-electron chi connectivity index (χ0n) is 13.3. The SMILES string of the molecule is Cc1nc(C)c(C(=O)N2CCO[C@](C)(c3cnn(C)c3)C2)s1. The highest BCUT2D eigenvalue weighted by Crippen LogP contribution is 2.30. The molecule has 1 aliphatic rings. The summed E-state index contributed by atoms with van der Waals surface area (Å²) in [4.78, 5) is 19.7. The summed E-state index contributed by atoms with van der Waals surface area (Å²) in [5, 5.41) is 5.13. The fraction of sp³-hybridized carbons (Fsp3) is 0.533. The second-order valence-electron chi connectivity index (χ2n) is 5.86. The van der Waals surface area contributed by atoms with Gasteiger partial charge in [0.1, 0.15) is 10.5 Å². The summed E-state index contributed by atoms with van der Waals surface area (Å²) in [5.74, 6) is 0.0431. The van der Waals surface area contributed by atoms with Gasteiger partial charge in [-0.3, -0.25) is 9.48 Å². The molecule has 0 bridgehead atoms. The smallest absolute Gasteiger partial charge is 0.266 e. The highest BCUT2D eigenvalue weighted by Gasteiger charge is 2.37. The minimum absolute atomic E-state index is 0.0431. The number of hydrogen-bond acceptors (Lipinski definition) is 5. The lowest BCUT2D eigenvalue weighted by molar-refractivity contribution is -0.0930. The van der Waals surface area contributed by atoms with Gasteiger partial charge in [0.2, 0.25) is 0 Å². The minimum Gasteiger partial charge on any atom is -0.367 e. The van der Waals surface area contributed by atoms with Crippen LogP contribution in [0.5, 0.6) is 0 Å². The highest BCUT2D eigenvalue weighted by molar-refractivity contribution is 7.13. The predicted octanol–water partition coefficient (Wildman–Crippen LogP) is 1.88. The summed E-state index contributed by atoms with van der Waals surface area (Å²) in [6.45, 7) is 7.46. The highest BCUT2D eigenvalue weighted by atomic mass is 32.1. The number of aryl methyl sites for hydroxylation is 3. The Morgan fingerprint density at radius 3 is 2.82 bits per heavy atom. The van der Waals surface area contributed by atoms with Crippen molar-refractivity contribution in [1.82, 2.24) is 19.7 Å². The van der Waals surface area contributed by atoms with E-state index in [0.717, 1.165) is 21.1 Å². The quantitative estimate of drug-likeness (QED) is 0.848. The number of carbonyl (C=O) groups excluding carboxylic acids is 1. The van der Waals surface area contributed by atoms with E-state index in [1.165, 1.54) is 11.3 Å². The molecule has 1 fully saturated rings. The Bertz CT molecular complexity index is 708. The van der Waals surface area contributed by atoms with Crippen molar-refractivity contribution in [2.75, 3.05) is 19.7 Å². The molecule has 0 unspecified atom stereocenters. The maximum Gasteiger partial charge on any atom is 0.266 e. The molecule has 0 N–H and O–H groups in total. The number of rotatable bonds is 2. The van der Waals surface area contributed by atoms with Crippen LogP contribution in [0, 0.1) is 13.8 Å². The third kappa shape index (κ3) is 2.66. The lowest BCUT2D eigenvalue weighted by Crippen LogP contribution is -2.50. The molecular formula is C15H20N4O2S. The molecule has 118 valence electrons. The van der Waals surface area contributed by atoms with Crippen molar-refractivity contribution >= 4 is 17.2 Å². The van der Waals surface area contributed by atoms with Crippen molar-refractivity contribution in [3.05, 3.63) is 33.5 Å². The molecule has 0 saturated carbocycles. The van der Waals surface area contributed by atoms with Crippen molar-refractivity contribution < 1.29 is 9.53 Å². The van der Waals surface area contributed by atoms with Gasteiger partial charge in [-0.1, -0.05) is 0 Å². The first-order valence-electron chi connectivity index (χ1n) is 7.25. The maximum absolute atomic E-state index is 12.8. The van der Waals surface area contributed by atoms with Gasteiger partial charge < -0.3 is 9.64 Å². The van der Waals surface area contributed by atoms with Crippen molar-refractivity contribution in [3.63, 3.8) is 0 Å². The molecule has 1 amide bonds. The number of thiazole rings is 1. The van der Waals surface area contributed by atoms with E-state index in [1.807, 2.05) is 38.9 Å². The molecule has 1 aliphatic heterocycles. The summed E-state index contributed by atoms with van der Waals surface area (Å²) in [5.41, 5.74) is 1.28. The monoisotopic (exact) mass is 320 g/mol. The maximum atomic E-state index is 12.8. The van der Waals surface area contributed by atoms with Gasteiger partial charge in [0, 0.05) is 25.4 Å². The van der Waals surface area contributed by atoms with Crippen LogP contribution in [0.15, 0.2) is 12.4 Å². The average Bonchev–Trinajstić information content (AvgIpc) is 3.04. The van der Waals surface area contributed by atoms with Gasteiger partial charge in [-0.25, -0.2) is 4.98 Å². The number of nitrogens with zero attached hydrogens (tertiary/aromatic N) is 4. The number of amides is 1. The van der Waals surface area contributed by atoms with E-state index < -0.39 is 5.60 Å². The summed E-state index contributed by atoms with van der Waals surface area (Å²) >= 11 is 1.46. The first-order chi connectivity index (χ1) is 10.4. The van der Waals surface area contributed by atoms with Crippen LogP contribution in [0.4, 0.5) is 0 Å². The molecule has 1 atom stereocenters. The minimum atomic E-state index is -0.518. The standard InChI is InChI=1S/C15H20N4O2S/c1-10-13(22-11(2)17-10)14(20)19-5-6-21-15(3,9-19)12-7-16-18(4)8-12/h7-8H,5-6,9H2,1-4H3/t15-/m0/s1. The van der Waals surface area contributed by atoms with Crippen molar-refractivity contribution in [2.45, 2.75) is 26.4 Å². The molecule has 0 radical (unpaired) electrons. The molecule has 0 aromatic carbocycles. The molecule has 0 aliphatic carbocycles. The van der Waals surface area contributed by atoms with Gasteiger partial charge in [0.15, 0.2) is 0 Å². The van der Waals surface area contributed by atoms with Crippen LogP contribution in [-0.2, 0) is 17.4 Å². The predicted molar refractivity (Wildman–Crippen MR) is 84.0 cm³/mol. The lowest BCUT2D eigenvalue weighted by atomic mass is 9.97. The van der Waals surface area contributed by atoms with Gasteiger partial charge in [-0.15, -0.1) is 11.3 Å². The van der Waals surface area contributed by atoms with E-state index in [9.17, 15) is 4.79 Å². The van der Waals surface area contributed by atoms with E-state index in [1.54, 1.807) is 10.9 Å². The molecule has 3 heterocycles. The normalized spacial score (nSPS) is 22.1. The van der Waals surface area contributed by atoms with Crippen LogP contribution in [0.2, 0.25) is 0 Å². The van der Waals surface area contributed by atoms with Gasteiger partial charge >= 0.3 is 0 Å². The van der Waals surface area contributed by atoms with E-state index in [-0.39, 0.29) is 5.91 Å². The molecule has 2 aromatic heterocycles. The third-order valence-electron chi connectivity index (χ3n) is 3.97. The van der Waals surface area contributed by atoms with E-state index >= 15 is 0 Å². The zero-order chi connectivity index (χ0) is 15.9. The summed E-state index contributed by atoms with van der Waals surface area (Å²) in [7, 11) is 1.88. The van der Waals surface area contributed by atoms with E-state index in [2.05, 4.69) is 10.1 Å². The van der Waals surface area contributed by atoms with Crippen LogP contribution >= 0.6 is 11.3 Å². The second-order valence-corrected chi connectivity index (χ2v) is 7.06. The lowest BCUT2D eigenvalue weighted by Gasteiger charge is -2.40. The summed E-state index contributed by atoms with van der Waals surface area (Å²) < 4.78 is 7.71. The number of aromatic nitrogens is 3.